The van der Waals surface area contributed by atoms with E-state index in [-0.39, 0.29) is 23.4 Å². The SMILES string of the molecule is CC(=O)C1=CN(Cc2ccccc2C)C=CC1CC1CCc2cc(C)ccc2C1=O. The Kier molecular flexibility index (Phi) is 5.72. The van der Waals surface area contributed by atoms with Crippen LogP contribution in [0.2, 0.25) is 0 Å². The van der Waals surface area contributed by atoms with E-state index in [4.69, 9.17) is 0 Å². The third-order valence-corrected chi connectivity index (χ3v) is 6.43. The normalized spacial score (nSPS) is 20.7. The summed E-state index contributed by atoms with van der Waals surface area (Å²) >= 11 is 0. The molecule has 0 saturated carbocycles. The van der Waals surface area contributed by atoms with Gasteiger partial charge in [-0.1, -0.05) is 54.1 Å². The van der Waals surface area contributed by atoms with Crippen molar-refractivity contribution >= 4 is 11.6 Å². The highest BCUT2D eigenvalue weighted by Gasteiger charge is 2.31. The van der Waals surface area contributed by atoms with Gasteiger partial charge in [-0.2, -0.15) is 0 Å². The molecule has 2 unspecified atom stereocenters. The Balaban J connectivity index is 1.50. The Labute approximate surface area is 179 Å². The number of nitrogens with zero attached hydrogens (tertiary/aromatic N) is 1. The number of aryl methyl sites for hydroxylation is 3. The van der Waals surface area contributed by atoms with Crippen LogP contribution in [0.15, 0.2) is 66.5 Å². The van der Waals surface area contributed by atoms with Crippen molar-refractivity contribution < 1.29 is 9.59 Å². The molecule has 2 aliphatic rings. The van der Waals surface area contributed by atoms with E-state index in [0.717, 1.165) is 30.5 Å². The van der Waals surface area contributed by atoms with Gasteiger partial charge in [0.2, 0.25) is 0 Å². The highest BCUT2D eigenvalue weighted by molar-refractivity contribution is 6.00. The first-order chi connectivity index (χ1) is 14.4. The Morgan fingerprint density at radius 1 is 1.13 bits per heavy atom. The van der Waals surface area contributed by atoms with Gasteiger partial charge in [0.1, 0.15) is 0 Å². The van der Waals surface area contributed by atoms with Crippen molar-refractivity contribution in [3.8, 4) is 0 Å². The van der Waals surface area contributed by atoms with Crippen molar-refractivity contribution in [2.45, 2.75) is 46.6 Å². The molecule has 0 spiro atoms. The molecule has 4 rings (SSSR count). The Hall–Kier alpha value is -2.94. The van der Waals surface area contributed by atoms with Crippen LogP contribution in [-0.2, 0) is 17.8 Å². The summed E-state index contributed by atoms with van der Waals surface area (Å²) in [6, 6.07) is 14.4. The van der Waals surface area contributed by atoms with Gasteiger partial charge in [-0.3, -0.25) is 9.59 Å². The van der Waals surface area contributed by atoms with Crippen LogP contribution >= 0.6 is 0 Å². The van der Waals surface area contributed by atoms with Crippen molar-refractivity contribution in [2.24, 2.45) is 11.8 Å². The van der Waals surface area contributed by atoms with Gasteiger partial charge in [-0.15, -0.1) is 0 Å². The van der Waals surface area contributed by atoms with E-state index in [0.29, 0.717) is 6.42 Å². The lowest BCUT2D eigenvalue weighted by molar-refractivity contribution is -0.114. The maximum Gasteiger partial charge on any atom is 0.166 e. The van der Waals surface area contributed by atoms with Gasteiger partial charge in [0, 0.05) is 41.9 Å². The van der Waals surface area contributed by atoms with Gasteiger partial charge in [0.25, 0.3) is 0 Å². The Morgan fingerprint density at radius 3 is 2.70 bits per heavy atom. The number of allylic oxidation sites excluding steroid dienone is 2. The monoisotopic (exact) mass is 399 g/mol. The molecule has 1 aliphatic heterocycles. The lowest BCUT2D eigenvalue weighted by Crippen LogP contribution is -2.28. The number of ketones is 2. The molecule has 0 radical (unpaired) electrons. The summed E-state index contributed by atoms with van der Waals surface area (Å²) in [5, 5.41) is 0. The topological polar surface area (TPSA) is 37.4 Å². The highest BCUT2D eigenvalue weighted by atomic mass is 16.1. The molecule has 2 aromatic carbocycles. The van der Waals surface area contributed by atoms with E-state index in [1.807, 2.05) is 30.5 Å². The third-order valence-electron chi connectivity index (χ3n) is 6.43. The van der Waals surface area contributed by atoms with Crippen LogP contribution in [0.4, 0.5) is 0 Å². The van der Waals surface area contributed by atoms with E-state index in [1.54, 1.807) is 6.92 Å². The summed E-state index contributed by atoms with van der Waals surface area (Å²) in [6.45, 7) is 6.54. The average Bonchev–Trinajstić information content (AvgIpc) is 2.72. The van der Waals surface area contributed by atoms with Crippen molar-refractivity contribution in [1.82, 2.24) is 4.90 Å². The quantitative estimate of drug-likeness (QED) is 0.661. The molecule has 0 saturated heterocycles. The Morgan fingerprint density at radius 2 is 1.93 bits per heavy atom. The molecule has 0 N–H and O–H groups in total. The van der Waals surface area contributed by atoms with Crippen molar-refractivity contribution in [3.05, 3.63) is 94.3 Å². The van der Waals surface area contributed by atoms with Gasteiger partial charge in [-0.25, -0.2) is 0 Å². The number of benzene rings is 2. The molecule has 154 valence electrons. The van der Waals surface area contributed by atoms with Crippen LogP contribution in [0.25, 0.3) is 0 Å². The molecule has 3 heteroatoms. The molecule has 0 aromatic heterocycles. The summed E-state index contributed by atoms with van der Waals surface area (Å²) in [6.07, 6.45) is 8.64. The Bertz CT molecular complexity index is 1050. The molecule has 2 aromatic rings. The first-order valence-electron chi connectivity index (χ1n) is 10.8. The zero-order chi connectivity index (χ0) is 21.3. The zero-order valence-corrected chi connectivity index (χ0v) is 18.0. The second-order valence-electron chi connectivity index (χ2n) is 8.68. The van der Waals surface area contributed by atoms with Gasteiger partial charge in [-0.05, 0) is 56.7 Å². The summed E-state index contributed by atoms with van der Waals surface area (Å²) in [7, 11) is 0. The predicted octanol–water partition coefficient (Wildman–Crippen LogP) is 5.56. The maximum atomic E-state index is 13.1. The fraction of sp³-hybridized carbons (Fsp3) is 0.333. The maximum absolute atomic E-state index is 13.1. The summed E-state index contributed by atoms with van der Waals surface area (Å²) in [4.78, 5) is 27.6. The van der Waals surface area contributed by atoms with E-state index in [1.165, 1.54) is 22.3 Å². The number of carbonyl (C=O) groups excluding carboxylic acids is 2. The summed E-state index contributed by atoms with van der Waals surface area (Å²) in [5.41, 5.74) is 6.52. The number of fused-ring (bicyclic) bond motifs is 1. The van der Waals surface area contributed by atoms with Crippen LogP contribution in [0.3, 0.4) is 0 Å². The second-order valence-corrected chi connectivity index (χ2v) is 8.68. The number of carbonyl (C=O) groups is 2. The van der Waals surface area contributed by atoms with E-state index in [2.05, 4.69) is 49.2 Å². The molecule has 1 aliphatic carbocycles. The minimum Gasteiger partial charge on any atom is -0.350 e. The fourth-order valence-electron chi connectivity index (χ4n) is 4.66. The predicted molar refractivity (Wildman–Crippen MR) is 120 cm³/mol. The summed E-state index contributed by atoms with van der Waals surface area (Å²) in [5.74, 6) is 0.283. The van der Waals surface area contributed by atoms with Crippen molar-refractivity contribution in [3.63, 3.8) is 0 Å². The van der Waals surface area contributed by atoms with Gasteiger partial charge >= 0.3 is 0 Å². The number of rotatable bonds is 5. The third kappa shape index (κ3) is 4.16. The van der Waals surface area contributed by atoms with Crippen LogP contribution in [0, 0.1) is 25.7 Å². The van der Waals surface area contributed by atoms with Gasteiger partial charge in [0.15, 0.2) is 11.6 Å². The molecule has 3 nitrogen and oxygen atoms in total. The lowest BCUT2D eigenvalue weighted by atomic mass is 9.76. The molecule has 2 atom stereocenters. The lowest BCUT2D eigenvalue weighted by Gasteiger charge is -2.30. The number of hydrogen-bond acceptors (Lipinski definition) is 3. The van der Waals surface area contributed by atoms with Crippen molar-refractivity contribution in [2.75, 3.05) is 0 Å². The van der Waals surface area contributed by atoms with E-state index >= 15 is 0 Å². The van der Waals surface area contributed by atoms with E-state index < -0.39 is 0 Å². The molecular formula is C27H29NO2. The first-order valence-corrected chi connectivity index (χ1v) is 10.8. The minimum atomic E-state index is -0.0273. The number of Topliss-reactive ketones (excluding diaryl/α,β-unsaturated/α-hetero) is 2. The molecule has 1 heterocycles. The molecule has 0 amide bonds. The minimum absolute atomic E-state index is 0.00318. The first kappa shape index (κ1) is 20.3. The standard InChI is InChI=1S/C27H29NO2/c1-18-8-11-25-21(14-18)9-10-23(27(25)30)15-22-12-13-28(17-26(22)20(3)29)16-24-7-5-4-6-19(24)2/h4-8,11-14,17,22-23H,9-10,15-16H2,1-3H3. The summed E-state index contributed by atoms with van der Waals surface area (Å²) < 4.78 is 0. The number of hydrogen-bond donors (Lipinski definition) is 0. The van der Waals surface area contributed by atoms with E-state index in [9.17, 15) is 9.59 Å². The average molecular weight is 400 g/mol. The smallest absolute Gasteiger partial charge is 0.166 e. The largest absolute Gasteiger partial charge is 0.350 e. The molecule has 0 bridgehead atoms. The zero-order valence-electron chi connectivity index (χ0n) is 18.0. The van der Waals surface area contributed by atoms with Gasteiger partial charge < -0.3 is 4.90 Å². The van der Waals surface area contributed by atoms with Gasteiger partial charge in [0.05, 0.1) is 0 Å². The van der Waals surface area contributed by atoms with Crippen molar-refractivity contribution in [1.29, 1.82) is 0 Å². The fourth-order valence-corrected chi connectivity index (χ4v) is 4.66. The second kappa shape index (κ2) is 8.43. The highest BCUT2D eigenvalue weighted by Crippen LogP contribution is 2.34. The molecule has 30 heavy (non-hydrogen) atoms. The molecular weight excluding hydrogens is 370 g/mol. The van der Waals surface area contributed by atoms with Crippen LogP contribution < -0.4 is 0 Å². The van der Waals surface area contributed by atoms with Crippen LogP contribution in [0.1, 0.15) is 52.4 Å². The van der Waals surface area contributed by atoms with Crippen LogP contribution in [0.5, 0.6) is 0 Å². The van der Waals surface area contributed by atoms with Crippen LogP contribution in [-0.4, -0.2) is 16.5 Å². The molecule has 0 fully saturated rings.